The second kappa shape index (κ2) is 8.14. The van der Waals surface area contributed by atoms with E-state index >= 15 is 0 Å². The van der Waals surface area contributed by atoms with E-state index in [1.165, 1.54) is 11.8 Å². The van der Waals surface area contributed by atoms with Gasteiger partial charge in [0, 0.05) is 31.0 Å². The lowest BCUT2D eigenvalue weighted by Crippen LogP contribution is -2.31. The van der Waals surface area contributed by atoms with Crippen molar-refractivity contribution in [1.82, 2.24) is 24.6 Å². The zero-order chi connectivity index (χ0) is 19.5. The first-order valence-corrected chi connectivity index (χ1v) is 10.4. The Morgan fingerprint density at radius 2 is 1.89 bits per heavy atom. The number of nitrogens with zero attached hydrogens (tertiary/aromatic N) is 5. The number of thioether (sulfide) groups is 1. The van der Waals surface area contributed by atoms with Gasteiger partial charge in [-0.25, -0.2) is 0 Å². The van der Waals surface area contributed by atoms with Gasteiger partial charge in [0.1, 0.15) is 0 Å². The fourth-order valence-corrected chi connectivity index (χ4v) is 4.06. The highest BCUT2D eigenvalue weighted by Gasteiger charge is 2.30. The molecule has 6 nitrogen and oxygen atoms in total. The summed E-state index contributed by atoms with van der Waals surface area (Å²) < 4.78 is 2.17. The number of carbonyl (C=O) groups is 1. The van der Waals surface area contributed by atoms with Gasteiger partial charge in [0.2, 0.25) is 5.91 Å². The van der Waals surface area contributed by atoms with Crippen LogP contribution in [-0.2, 0) is 4.79 Å². The van der Waals surface area contributed by atoms with Crippen LogP contribution in [0.3, 0.4) is 0 Å². The van der Waals surface area contributed by atoms with E-state index < -0.39 is 0 Å². The lowest BCUT2D eigenvalue weighted by Gasteiger charge is -2.25. The van der Waals surface area contributed by atoms with Gasteiger partial charge in [0.05, 0.1) is 11.8 Å². The topological polar surface area (TPSA) is 63.9 Å². The lowest BCUT2D eigenvalue weighted by atomic mass is 10.1. The Hall–Kier alpha value is -2.67. The van der Waals surface area contributed by atoms with E-state index in [0.29, 0.717) is 11.8 Å². The van der Waals surface area contributed by atoms with Gasteiger partial charge in [-0.1, -0.05) is 42.1 Å². The molecule has 1 aromatic carbocycles. The Morgan fingerprint density at radius 1 is 1.18 bits per heavy atom. The molecule has 0 spiro atoms. The van der Waals surface area contributed by atoms with E-state index in [-0.39, 0.29) is 11.9 Å². The summed E-state index contributed by atoms with van der Waals surface area (Å²) in [5, 5.41) is 9.57. The maximum atomic E-state index is 12.7. The fourth-order valence-electron chi connectivity index (χ4n) is 3.13. The van der Waals surface area contributed by atoms with Crippen LogP contribution in [0.4, 0.5) is 0 Å². The van der Waals surface area contributed by atoms with Crippen LogP contribution in [0, 0.1) is 0 Å². The van der Waals surface area contributed by atoms with Crippen molar-refractivity contribution in [1.29, 1.82) is 0 Å². The lowest BCUT2D eigenvalue weighted by molar-refractivity contribution is -0.128. The van der Waals surface area contributed by atoms with Gasteiger partial charge in [0.15, 0.2) is 11.0 Å². The van der Waals surface area contributed by atoms with Crippen molar-refractivity contribution < 1.29 is 4.79 Å². The smallest absolute Gasteiger partial charge is 0.233 e. The molecular weight excluding hydrogens is 370 g/mol. The first kappa shape index (κ1) is 18.7. The molecule has 0 radical (unpaired) electrons. The predicted molar refractivity (Wildman–Crippen MR) is 110 cm³/mol. The summed E-state index contributed by atoms with van der Waals surface area (Å²) in [4.78, 5) is 18.6. The highest BCUT2D eigenvalue weighted by atomic mass is 32.2. The van der Waals surface area contributed by atoms with E-state index in [9.17, 15) is 4.79 Å². The van der Waals surface area contributed by atoms with Gasteiger partial charge in [0.25, 0.3) is 0 Å². The summed E-state index contributed by atoms with van der Waals surface area (Å²) in [6.07, 6.45) is 5.78. The molecule has 28 heavy (non-hydrogen) atoms. The van der Waals surface area contributed by atoms with E-state index in [2.05, 4.69) is 19.7 Å². The number of aromatic nitrogens is 4. The summed E-state index contributed by atoms with van der Waals surface area (Å²) in [5.74, 6) is 1.28. The fraction of sp³-hybridized carbons (Fsp3) is 0.333. The van der Waals surface area contributed by atoms with E-state index in [1.54, 1.807) is 17.3 Å². The zero-order valence-corrected chi connectivity index (χ0v) is 16.8. The van der Waals surface area contributed by atoms with Crippen LogP contribution in [0.15, 0.2) is 60.0 Å². The molecule has 144 valence electrons. The molecule has 7 heteroatoms. The van der Waals surface area contributed by atoms with Gasteiger partial charge >= 0.3 is 0 Å². The number of hydrogen-bond acceptors (Lipinski definition) is 5. The summed E-state index contributed by atoms with van der Waals surface area (Å²) >= 11 is 1.46. The minimum atomic E-state index is 0.0305. The molecule has 0 aliphatic heterocycles. The quantitative estimate of drug-likeness (QED) is 0.568. The van der Waals surface area contributed by atoms with Crippen molar-refractivity contribution >= 4 is 17.7 Å². The monoisotopic (exact) mass is 393 g/mol. The molecule has 0 saturated heterocycles. The summed E-state index contributed by atoms with van der Waals surface area (Å²) in [6.45, 7) is 2.05. The van der Waals surface area contributed by atoms with E-state index in [1.807, 2.05) is 56.4 Å². The average Bonchev–Trinajstić information content (AvgIpc) is 3.51. The van der Waals surface area contributed by atoms with Gasteiger partial charge in [-0.15, -0.1) is 10.2 Å². The molecule has 0 unspecified atom stereocenters. The van der Waals surface area contributed by atoms with Crippen LogP contribution in [0.5, 0.6) is 0 Å². The minimum absolute atomic E-state index is 0.0305. The zero-order valence-electron chi connectivity index (χ0n) is 16.0. The van der Waals surface area contributed by atoms with Crippen LogP contribution in [0.25, 0.3) is 11.4 Å². The third-order valence-corrected chi connectivity index (χ3v) is 6.02. The Balaban J connectivity index is 1.46. The molecule has 2 aromatic heterocycles. The largest absolute Gasteiger partial charge is 0.338 e. The molecule has 1 saturated carbocycles. The molecular formula is C21H23N5OS. The van der Waals surface area contributed by atoms with Gasteiger partial charge < -0.3 is 4.90 Å². The van der Waals surface area contributed by atoms with Crippen LogP contribution in [0.1, 0.15) is 37.4 Å². The molecule has 3 aromatic rings. The van der Waals surface area contributed by atoms with Crippen molar-refractivity contribution in [3.63, 3.8) is 0 Å². The van der Waals surface area contributed by atoms with Crippen LogP contribution in [0.2, 0.25) is 0 Å². The molecule has 1 amide bonds. The summed E-state index contributed by atoms with van der Waals surface area (Å²) in [7, 11) is 1.86. The number of carbonyl (C=O) groups excluding carboxylic acids is 1. The van der Waals surface area contributed by atoms with Crippen molar-refractivity contribution in [2.24, 2.45) is 0 Å². The molecule has 2 heterocycles. The number of benzene rings is 1. The molecule has 0 bridgehead atoms. The molecule has 1 fully saturated rings. The number of rotatable bonds is 7. The van der Waals surface area contributed by atoms with Gasteiger partial charge in [-0.3, -0.25) is 14.3 Å². The first-order chi connectivity index (χ1) is 13.6. The Morgan fingerprint density at radius 3 is 2.57 bits per heavy atom. The second-order valence-corrected chi connectivity index (χ2v) is 7.97. The highest BCUT2D eigenvalue weighted by Crippen LogP contribution is 2.41. The number of pyridine rings is 1. The number of amides is 1. The minimum Gasteiger partial charge on any atom is -0.338 e. The van der Waals surface area contributed by atoms with Crippen molar-refractivity contribution in [2.45, 2.75) is 37.0 Å². The SMILES string of the molecule is C[C@@H](c1ccccc1)N(C)C(=O)CSc1nnc(-c2ccncc2)n1C1CC1. The molecule has 1 atom stereocenters. The second-order valence-electron chi connectivity index (χ2n) is 7.02. The summed E-state index contributed by atoms with van der Waals surface area (Å²) in [5.41, 5.74) is 2.13. The van der Waals surface area contributed by atoms with Gasteiger partial charge in [-0.2, -0.15) is 0 Å². The summed E-state index contributed by atoms with van der Waals surface area (Å²) in [6, 6.07) is 14.4. The van der Waals surface area contributed by atoms with Crippen LogP contribution < -0.4 is 0 Å². The Bertz CT molecular complexity index is 940. The van der Waals surface area contributed by atoms with Crippen molar-refractivity contribution in [3.05, 3.63) is 60.4 Å². The predicted octanol–water partition coefficient (Wildman–Crippen LogP) is 3.99. The van der Waals surface area contributed by atoms with Crippen LogP contribution >= 0.6 is 11.8 Å². The normalized spacial score (nSPS) is 14.6. The van der Waals surface area contributed by atoms with E-state index in [4.69, 9.17) is 0 Å². The van der Waals surface area contributed by atoms with Gasteiger partial charge in [-0.05, 0) is 37.5 Å². The third kappa shape index (κ3) is 3.94. The molecule has 1 aliphatic rings. The van der Waals surface area contributed by atoms with Crippen molar-refractivity contribution in [3.8, 4) is 11.4 Å². The van der Waals surface area contributed by atoms with Crippen LogP contribution in [-0.4, -0.2) is 43.4 Å². The maximum absolute atomic E-state index is 12.7. The molecule has 4 rings (SSSR count). The standard InChI is InChI=1S/C21H23N5OS/c1-15(16-6-4-3-5-7-16)25(2)19(27)14-28-21-24-23-20(26(21)18-8-9-18)17-10-12-22-13-11-17/h3-7,10-13,15,18H,8-9,14H2,1-2H3/t15-/m0/s1. The average molecular weight is 394 g/mol. The maximum Gasteiger partial charge on any atom is 0.233 e. The third-order valence-electron chi connectivity index (χ3n) is 5.10. The molecule has 0 N–H and O–H groups in total. The molecule has 1 aliphatic carbocycles. The Kier molecular flexibility index (Phi) is 5.43. The Labute approximate surface area is 169 Å². The first-order valence-electron chi connectivity index (χ1n) is 9.44. The van der Waals surface area contributed by atoms with Crippen molar-refractivity contribution in [2.75, 3.05) is 12.8 Å². The number of hydrogen-bond donors (Lipinski definition) is 0. The highest BCUT2D eigenvalue weighted by molar-refractivity contribution is 7.99. The van der Waals surface area contributed by atoms with E-state index in [0.717, 1.165) is 34.9 Å².